The smallest absolute Gasteiger partial charge is 0.230 e. The molecule has 0 saturated carbocycles. The standard InChI is InChI=1S/C23H23N3O3S/c27-23(20-9-14-30(28,29)22-8-4-3-7-19(20)22)26-12-10-25(11-13-26)21-16-24-15-17-5-1-2-6-18(17)21/h1-8,15-16,20H,9-14H2. The summed E-state index contributed by atoms with van der Waals surface area (Å²) in [7, 11) is -3.29. The first kappa shape index (κ1) is 19.1. The van der Waals surface area contributed by atoms with E-state index in [2.05, 4.69) is 22.0 Å². The summed E-state index contributed by atoms with van der Waals surface area (Å²) in [6.45, 7) is 2.70. The van der Waals surface area contributed by atoms with Crippen molar-refractivity contribution in [1.29, 1.82) is 0 Å². The molecule has 3 aromatic rings. The maximum atomic E-state index is 13.3. The van der Waals surface area contributed by atoms with Gasteiger partial charge in [0.05, 0.1) is 28.5 Å². The lowest BCUT2D eigenvalue weighted by Crippen LogP contribution is -2.50. The van der Waals surface area contributed by atoms with Gasteiger partial charge < -0.3 is 9.80 Å². The molecule has 6 nitrogen and oxygen atoms in total. The van der Waals surface area contributed by atoms with E-state index in [9.17, 15) is 13.2 Å². The Morgan fingerprint density at radius 1 is 0.933 bits per heavy atom. The average Bonchev–Trinajstić information content (AvgIpc) is 2.79. The Labute approximate surface area is 176 Å². The van der Waals surface area contributed by atoms with Crippen molar-refractivity contribution >= 4 is 32.2 Å². The lowest BCUT2D eigenvalue weighted by Gasteiger charge is -2.38. The van der Waals surface area contributed by atoms with Crippen molar-refractivity contribution in [2.75, 3.05) is 36.8 Å². The molecule has 1 fully saturated rings. The number of carbonyl (C=O) groups is 1. The Morgan fingerprint density at radius 2 is 1.67 bits per heavy atom. The highest BCUT2D eigenvalue weighted by atomic mass is 32.2. The zero-order valence-corrected chi connectivity index (χ0v) is 17.4. The molecule has 1 saturated heterocycles. The summed E-state index contributed by atoms with van der Waals surface area (Å²) in [5.74, 6) is -0.314. The van der Waals surface area contributed by atoms with Crippen molar-refractivity contribution in [3.63, 3.8) is 0 Å². The molecule has 3 heterocycles. The number of aromatic nitrogens is 1. The zero-order chi connectivity index (χ0) is 20.7. The molecule has 7 heteroatoms. The fraction of sp³-hybridized carbons (Fsp3) is 0.304. The molecule has 2 aliphatic rings. The topological polar surface area (TPSA) is 70.6 Å². The van der Waals surface area contributed by atoms with Crippen LogP contribution >= 0.6 is 0 Å². The second-order valence-corrected chi connectivity index (χ2v) is 9.97. The molecule has 30 heavy (non-hydrogen) atoms. The third-order valence-corrected chi connectivity index (χ3v) is 8.00. The summed E-state index contributed by atoms with van der Waals surface area (Å²) in [6, 6.07) is 15.1. The Balaban J connectivity index is 1.34. The van der Waals surface area contributed by atoms with Crippen LogP contribution in [0.15, 0.2) is 65.8 Å². The molecule has 1 unspecified atom stereocenters. The fourth-order valence-corrected chi connectivity index (χ4v) is 6.21. The summed E-state index contributed by atoms with van der Waals surface area (Å²) in [6.07, 6.45) is 4.11. The summed E-state index contributed by atoms with van der Waals surface area (Å²) >= 11 is 0. The predicted octanol–water partition coefficient (Wildman–Crippen LogP) is 2.84. The van der Waals surface area contributed by atoms with E-state index < -0.39 is 9.84 Å². The van der Waals surface area contributed by atoms with Crippen LogP contribution in [0.5, 0.6) is 0 Å². The minimum atomic E-state index is -3.29. The lowest BCUT2D eigenvalue weighted by atomic mass is 9.94. The van der Waals surface area contributed by atoms with Crippen LogP contribution in [0, 0.1) is 0 Å². The third-order valence-electron chi connectivity index (χ3n) is 6.18. The largest absolute Gasteiger partial charge is 0.366 e. The number of hydrogen-bond donors (Lipinski definition) is 0. The van der Waals surface area contributed by atoms with Crippen LogP contribution in [-0.4, -0.2) is 56.1 Å². The van der Waals surface area contributed by atoms with E-state index in [4.69, 9.17) is 0 Å². The number of anilines is 1. The predicted molar refractivity (Wildman–Crippen MR) is 116 cm³/mol. The van der Waals surface area contributed by atoms with E-state index in [0.717, 1.165) is 24.2 Å². The van der Waals surface area contributed by atoms with Crippen LogP contribution in [0.3, 0.4) is 0 Å². The number of amides is 1. The quantitative estimate of drug-likeness (QED) is 0.636. The van der Waals surface area contributed by atoms with Crippen molar-refractivity contribution in [3.8, 4) is 0 Å². The lowest BCUT2D eigenvalue weighted by molar-refractivity contribution is -0.133. The SMILES string of the molecule is O=C(C1CCS(=O)(=O)c2ccccc21)N1CCN(c2cncc3ccccc23)CC1. The van der Waals surface area contributed by atoms with Crippen molar-refractivity contribution in [1.82, 2.24) is 9.88 Å². The number of pyridine rings is 1. The normalized spacial score (nSPS) is 20.7. The minimum absolute atomic E-state index is 0.0298. The molecule has 154 valence electrons. The molecule has 0 bridgehead atoms. The summed E-state index contributed by atoms with van der Waals surface area (Å²) in [4.78, 5) is 22.1. The number of benzene rings is 2. The second kappa shape index (κ2) is 7.40. The summed E-state index contributed by atoms with van der Waals surface area (Å²) < 4.78 is 24.8. The summed E-state index contributed by atoms with van der Waals surface area (Å²) in [5, 5.41) is 2.27. The molecule has 5 rings (SSSR count). The Morgan fingerprint density at radius 3 is 2.50 bits per heavy atom. The van der Waals surface area contributed by atoms with Crippen LogP contribution in [0.1, 0.15) is 17.9 Å². The van der Waals surface area contributed by atoms with Crippen LogP contribution in [0.2, 0.25) is 0 Å². The van der Waals surface area contributed by atoms with E-state index in [1.54, 1.807) is 18.2 Å². The first-order valence-corrected chi connectivity index (χ1v) is 11.9. The van der Waals surface area contributed by atoms with Gasteiger partial charge in [0.25, 0.3) is 0 Å². The Hall–Kier alpha value is -2.93. The number of carbonyl (C=O) groups excluding carboxylic acids is 1. The first-order chi connectivity index (χ1) is 14.5. The Kier molecular flexibility index (Phi) is 4.70. The van der Waals surface area contributed by atoms with Gasteiger partial charge in [0.2, 0.25) is 5.91 Å². The van der Waals surface area contributed by atoms with Gasteiger partial charge in [-0.2, -0.15) is 0 Å². The highest BCUT2D eigenvalue weighted by molar-refractivity contribution is 7.91. The Bertz CT molecular complexity index is 1210. The highest BCUT2D eigenvalue weighted by Crippen LogP contribution is 2.35. The van der Waals surface area contributed by atoms with E-state index in [1.807, 2.05) is 35.5 Å². The van der Waals surface area contributed by atoms with Crippen LogP contribution in [-0.2, 0) is 14.6 Å². The maximum Gasteiger partial charge on any atom is 0.230 e. The van der Waals surface area contributed by atoms with Gasteiger partial charge in [0, 0.05) is 43.1 Å². The van der Waals surface area contributed by atoms with Gasteiger partial charge in [0.1, 0.15) is 0 Å². The van der Waals surface area contributed by atoms with Gasteiger partial charge in [-0.3, -0.25) is 9.78 Å². The molecule has 0 N–H and O–H groups in total. The van der Waals surface area contributed by atoms with Crippen molar-refractivity contribution in [2.24, 2.45) is 0 Å². The summed E-state index contributed by atoms with van der Waals surface area (Å²) in [5.41, 5.74) is 1.74. The molecular weight excluding hydrogens is 398 g/mol. The maximum absolute atomic E-state index is 13.3. The molecule has 0 aliphatic carbocycles. The molecule has 0 spiro atoms. The number of nitrogens with zero attached hydrogens (tertiary/aromatic N) is 3. The molecule has 1 amide bonds. The van der Waals surface area contributed by atoms with Crippen LogP contribution < -0.4 is 4.90 Å². The zero-order valence-electron chi connectivity index (χ0n) is 16.6. The van der Waals surface area contributed by atoms with Gasteiger partial charge in [-0.15, -0.1) is 0 Å². The van der Waals surface area contributed by atoms with E-state index in [-0.39, 0.29) is 17.6 Å². The van der Waals surface area contributed by atoms with Gasteiger partial charge in [-0.05, 0) is 18.1 Å². The van der Waals surface area contributed by atoms with E-state index in [0.29, 0.717) is 30.0 Å². The van der Waals surface area contributed by atoms with E-state index >= 15 is 0 Å². The first-order valence-electron chi connectivity index (χ1n) is 10.2. The average molecular weight is 422 g/mol. The number of fused-ring (bicyclic) bond motifs is 2. The van der Waals surface area contributed by atoms with Gasteiger partial charge in [-0.1, -0.05) is 42.5 Å². The van der Waals surface area contributed by atoms with Crippen LogP contribution in [0.4, 0.5) is 5.69 Å². The molecule has 2 aromatic carbocycles. The van der Waals surface area contributed by atoms with Gasteiger partial charge in [-0.25, -0.2) is 8.42 Å². The number of piperazine rings is 1. The highest BCUT2D eigenvalue weighted by Gasteiger charge is 2.36. The van der Waals surface area contributed by atoms with E-state index in [1.165, 1.54) is 5.39 Å². The number of sulfone groups is 1. The third kappa shape index (κ3) is 3.23. The minimum Gasteiger partial charge on any atom is -0.366 e. The molecule has 1 atom stereocenters. The van der Waals surface area contributed by atoms with Crippen molar-refractivity contribution in [2.45, 2.75) is 17.2 Å². The molecule has 0 radical (unpaired) electrons. The van der Waals surface area contributed by atoms with Crippen LogP contribution in [0.25, 0.3) is 10.8 Å². The molecular formula is C23H23N3O3S. The number of rotatable bonds is 2. The van der Waals surface area contributed by atoms with Gasteiger partial charge in [0.15, 0.2) is 9.84 Å². The number of hydrogen-bond acceptors (Lipinski definition) is 5. The van der Waals surface area contributed by atoms with Crippen molar-refractivity contribution < 1.29 is 13.2 Å². The fourth-order valence-electron chi connectivity index (χ4n) is 4.59. The van der Waals surface area contributed by atoms with Gasteiger partial charge >= 0.3 is 0 Å². The monoisotopic (exact) mass is 421 g/mol. The second-order valence-electron chi connectivity index (χ2n) is 7.89. The van der Waals surface area contributed by atoms with Crippen molar-refractivity contribution in [3.05, 3.63) is 66.5 Å². The molecule has 2 aliphatic heterocycles. The molecule has 1 aromatic heterocycles.